The van der Waals surface area contributed by atoms with Crippen LogP contribution in [0.5, 0.6) is 0 Å². The van der Waals surface area contributed by atoms with Gasteiger partial charge in [-0.1, -0.05) is 12.1 Å². The predicted octanol–water partition coefficient (Wildman–Crippen LogP) is 2.44. The zero-order valence-electron chi connectivity index (χ0n) is 9.85. The topological polar surface area (TPSA) is 69.7 Å². The first-order chi connectivity index (χ1) is 8.58. The van der Waals surface area contributed by atoms with Crippen LogP contribution >= 0.6 is 0 Å². The minimum absolute atomic E-state index is 0.349. The summed E-state index contributed by atoms with van der Waals surface area (Å²) in [6.07, 6.45) is -0.358. The fourth-order valence-electron chi connectivity index (χ4n) is 2.25. The highest BCUT2D eigenvalue weighted by Gasteiger charge is 2.32. The summed E-state index contributed by atoms with van der Waals surface area (Å²) < 4.78 is 15.0. The van der Waals surface area contributed by atoms with Crippen molar-refractivity contribution >= 4 is 5.97 Å². The SMILES string of the molecule is Cc1oc(=O)oc1-c1cccc2c1C(C)OC2=O. The number of cyclic esters (lactones) is 1. The van der Waals surface area contributed by atoms with Gasteiger partial charge >= 0.3 is 11.8 Å². The van der Waals surface area contributed by atoms with Crippen LogP contribution in [0.15, 0.2) is 31.8 Å². The minimum Gasteiger partial charge on any atom is -0.454 e. The van der Waals surface area contributed by atoms with E-state index in [0.717, 1.165) is 5.56 Å². The van der Waals surface area contributed by atoms with Gasteiger partial charge in [-0.05, 0) is 19.9 Å². The Labute approximate surface area is 102 Å². The molecule has 2 aromatic rings. The van der Waals surface area contributed by atoms with E-state index in [9.17, 15) is 9.59 Å². The van der Waals surface area contributed by atoms with E-state index in [0.29, 0.717) is 22.6 Å². The van der Waals surface area contributed by atoms with Gasteiger partial charge in [0.2, 0.25) is 0 Å². The highest BCUT2D eigenvalue weighted by Crippen LogP contribution is 2.38. The van der Waals surface area contributed by atoms with Crippen molar-refractivity contribution in [3.05, 3.63) is 45.7 Å². The molecule has 5 heteroatoms. The molecule has 1 aromatic heterocycles. The molecule has 0 radical (unpaired) electrons. The zero-order valence-corrected chi connectivity index (χ0v) is 9.85. The van der Waals surface area contributed by atoms with Crippen molar-refractivity contribution in [2.45, 2.75) is 20.0 Å². The Bertz CT molecular complexity index is 692. The van der Waals surface area contributed by atoms with Crippen molar-refractivity contribution in [1.29, 1.82) is 0 Å². The maximum absolute atomic E-state index is 11.6. The molecule has 5 nitrogen and oxygen atoms in total. The van der Waals surface area contributed by atoms with Gasteiger partial charge in [0.1, 0.15) is 6.10 Å². The molecule has 0 saturated heterocycles. The maximum atomic E-state index is 11.6. The summed E-state index contributed by atoms with van der Waals surface area (Å²) in [4.78, 5) is 22.7. The Morgan fingerprint density at radius 2 is 1.83 bits per heavy atom. The summed E-state index contributed by atoms with van der Waals surface area (Å²) in [7, 11) is 0. The average molecular weight is 246 g/mol. The quantitative estimate of drug-likeness (QED) is 0.723. The second kappa shape index (κ2) is 3.60. The molecule has 1 aromatic carbocycles. The fourth-order valence-corrected chi connectivity index (χ4v) is 2.25. The van der Waals surface area contributed by atoms with Gasteiger partial charge in [0.15, 0.2) is 11.5 Å². The lowest BCUT2D eigenvalue weighted by Crippen LogP contribution is -1.93. The normalized spacial score (nSPS) is 17.7. The molecule has 1 aliphatic heterocycles. The van der Waals surface area contributed by atoms with Crippen LogP contribution in [0, 0.1) is 6.92 Å². The smallest absolute Gasteiger partial charge is 0.454 e. The van der Waals surface area contributed by atoms with E-state index in [1.54, 1.807) is 32.0 Å². The Balaban J connectivity index is 2.29. The summed E-state index contributed by atoms with van der Waals surface area (Å²) in [6, 6.07) is 5.19. The lowest BCUT2D eigenvalue weighted by molar-refractivity contribution is 0.0422. The summed E-state index contributed by atoms with van der Waals surface area (Å²) in [5.41, 5.74) is 1.90. The van der Waals surface area contributed by atoms with Gasteiger partial charge in [-0.2, -0.15) is 0 Å². The molecule has 1 aliphatic rings. The second-order valence-electron chi connectivity index (χ2n) is 4.15. The second-order valence-corrected chi connectivity index (χ2v) is 4.15. The number of hydrogen-bond donors (Lipinski definition) is 0. The first kappa shape index (κ1) is 10.8. The van der Waals surface area contributed by atoms with E-state index < -0.39 is 5.82 Å². The van der Waals surface area contributed by atoms with Gasteiger partial charge in [-0.25, -0.2) is 9.59 Å². The van der Waals surface area contributed by atoms with Crippen molar-refractivity contribution in [3.63, 3.8) is 0 Å². The van der Waals surface area contributed by atoms with Crippen LogP contribution in [0.2, 0.25) is 0 Å². The molecule has 0 saturated carbocycles. The molecule has 92 valence electrons. The van der Waals surface area contributed by atoms with Crippen LogP contribution in [0.1, 0.15) is 34.7 Å². The monoisotopic (exact) mass is 246 g/mol. The molecule has 0 bridgehead atoms. The van der Waals surface area contributed by atoms with Crippen molar-refractivity contribution in [1.82, 2.24) is 0 Å². The first-order valence-electron chi connectivity index (χ1n) is 5.52. The van der Waals surface area contributed by atoms with Crippen LogP contribution < -0.4 is 5.82 Å². The number of fused-ring (bicyclic) bond motifs is 1. The Morgan fingerprint density at radius 1 is 1.11 bits per heavy atom. The van der Waals surface area contributed by atoms with Crippen molar-refractivity contribution in [2.75, 3.05) is 0 Å². The number of hydrogen-bond acceptors (Lipinski definition) is 5. The van der Waals surface area contributed by atoms with Crippen LogP contribution in [0.4, 0.5) is 0 Å². The lowest BCUT2D eigenvalue weighted by Gasteiger charge is -2.07. The van der Waals surface area contributed by atoms with Crippen molar-refractivity contribution in [2.24, 2.45) is 0 Å². The van der Waals surface area contributed by atoms with Gasteiger partial charge in [0, 0.05) is 11.1 Å². The number of esters is 1. The van der Waals surface area contributed by atoms with Crippen LogP contribution in [-0.2, 0) is 4.74 Å². The molecule has 3 rings (SSSR count). The van der Waals surface area contributed by atoms with Crippen LogP contribution in [0.3, 0.4) is 0 Å². The molecule has 0 spiro atoms. The summed E-state index contributed by atoms with van der Waals surface area (Å²) in [6.45, 7) is 3.42. The first-order valence-corrected chi connectivity index (χ1v) is 5.52. The summed E-state index contributed by atoms with van der Waals surface area (Å²) >= 11 is 0. The van der Waals surface area contributed by atoms with Gasteiger partial charge < -0.3 is 13.6 Å². The van der Waals surface area contributed by atoms with Gasteiger partial charge in [0.25, 0.3) is 0 Å². The van der Waals surface area contributed by atoms with Crippen LogP contribution in [-0.4, -0.2) is 5.97 Å². The average Bonchev–Trinajstić information content (AvgIpc) is 2.80. The van der Waals surface area contributed by atoms with Gasteiger partial charge in [0.05, 0.1) is 5.56 Å². The Kier molecular flexibility index (Phi) is 2.16. The van der Waals surface area contributed by atoms with Crippen molar-refractivity contribution < 1.29 is 18.4 Å². The van der Waals surface area contributed by atoms with E-state index >= 15 is 0 Å². The van der Waals surface area contributed by atoms with Crippen LogP contribution in [0.25, 0.3) is 11.3 Å². The fraction of sp³-hybridized carbons (Fsp3) is 0.231. The molecule has 18 heavy (non-hydrogen) atoms. The molecule has 0 aliphatic carbocycles. The van der Waals surface area contributed by atoms with Crippen molar-refractivity contribution in [3.8, 4) is 11.3 Å². The molecule has 0 amide bonds. The third-order valence-corrected chi connectivity index (χ3v) is 3.00. The van der Waals surface area contributed by atoms with E-state index in [2.05, 4.69) is 0 Å². The molecular formula is C13H10O5. The molecule has 2 heterocycles. The number of ether oxygens (including phenoxy) is 1. The molecule has 0 N–H and O–H groups in total. The Morgan fingerprint density at radius 3 is 2.50 bits per heavy atom. The third kappa shape index (κ3) is 1.40. The number of carbonyl (C=O) groups is 1. The highest BCUT2D eigenvalue weighted by atomic mass is 16.6. The minimum atomic E-state index is -0.752. The molecule has 0 fully saturated rings. The van der Waals surface area contributed by atoms with E-state index in [1.807, 2.05) is 0 Å². The van der Waals surface area contributed by atoms with E-state index in [-0.39, 0.29) is 12.1 Å². The van der Waals surface area contributed by atoms with E-state index in [1.165, 1.54) is 0 Å². The number of carbonyl (C=O) groups excluding carboxylic acids is 1. The summed E-state index contributed by atoms with van der Waals surface area (Å²) in [5.74, 6) is -0.372. The largest absolute Gasteiger partial charge is 0.519 e. The summed E-state index contributed by atoms with van der Waals surface area (Å²) in [5, 5.41) is 0. The predicted molar refractivity (Wildman–Crippen MR) is 61.2 cm³/mol. The number of rotatable bonds is 1. The van der Waals surface area contributed by atoms with Gasteiger partial charge in [-0.3, -0.25) is 0 Å². The Hall–Kier alpha value is -2.30. The van der Waals surface area contributed by atoms with E-state index in [4.69, 9.17) is 13.6 Å². The lowest BCUT2D eigenvalue weighted by atomic mass is 9.97. The maximum Gasteiger partial charge on any atom is 0.519 e. The molecule has 1 atom stereocenters. The number of aryl methyl sites for hydroxylation is 1. The zero-order chi connectivity index (χ0) is 12.9. The van der Waals surface area contributed by atoms with Gasteiger partial charge in [-0.15, -0.1) is 0 Å². The number of benzene rings is 1. The third-order valence-electron chi connectivity index (χ3n) is 3.00. The standard InChI is InChI=1S/C13H10O5/c1-6-10-8(11-7(2)17-13(15)18-11)4-3-5-9(10)12(14)16-6/h3-6H,1-2H3. The highest BCUT2D eigenvalue weighted by molar-refractivity contribution is 5.96. The molecule has 1 unspecified atom stereocenters. The molecular weight excluding hydrogens is 236 g/mol.